The second-order valence-corrected chi connectivity index (χ2v) is 15.9. The summed E-state index contributed by atoms with van der Waals surface area (Å²) in [4.78, 5) is 47.3. The summed E-state index contributed by atoms with van der Waals surface area (Å²) in [5, 5.41) is 0.474. The molecule has 8 nitrogen and oxygen atoms in total. The highest BCUT2D eigenvalue weighted by Crippen LogP contribution is 2.43. The number of esters is 3. The van der Waals surface area contributed by atoms with Gasteiger partial charge >= 0.3 is 17.9 Å². The normalized spacial score (nSPS) is 12.5. The Morgan fingerprint density at radius 2 is 0.981 bits per heavy atom. The standard InChI is InChI=1S/C28H29ClO4.C10H18O3.C6H14O/c1-20-14-16-22(17-15-20)28(21-10-6-5-7-11-21,23-12-8-9-13-24(23)29)33-26(31)19-18-25(30)32-27(2,3)4;1-5-8(11)6-7-9(12)13-10(2,3)4;1-5-7-6(2,3)4/h5-17H,18-19H2,1-4H3;5-7H2,1-4H3;5H2,1-4H3. The Labute approximate surface area is 322 Å². The Morgan fingerprint density at radius 3 is 1.40 bits per heavy atom. The predicted molar refractivity (Wildman–Crippen MR) is 212 cm³/mol. The van der Waals surface area contributed by atoms with Crippen LogP contribution in [0.25, 0.3) is 0 Å². The van der Waals surface area contributed by atoms with Crippen LogP contribution < -0.4 is 0 Å². The van der Waals surface area contributed by atoms with Gasteiger partial charge in [-0.05, 0) is 82.2 Å². The molecule has 0 fully saturated rings. The first kappa shape index (κ1) is 47.0. The molecule has 3 rings (SSSR count). The molecule has 0 aliphatic heterocycles. The largest absolute Gasteiger partial charge is 0.460 e. The monoisotopic (exact) mass is 752 g/mol. The second kappa shape index (κ2) is 21.6. The van der Waals surface area contributed by atoms with Crippen LogP contribution in [0.4, 0.5) is 0 Å². The Morgan fingerprint density at radius 1 is 0.547 bits per heavy atom. The zero-order chi connectivity index (χ0) is 40.5. The smallest absolute Gasteiger partial charge is 0.307 e. The SMILES string of the molecule is CCC(=O)CCC(=O)OC(C)(C)C.CCOC(C)(C)C.Cc1ccc(C(OC(=O)CCC(=O)OC(C)(C)C)(c2ccccc2)c2ccccc2Cl)cc1. The Hall–Kier alpha value is -4.01. The number of halogens is 1. The predicted octanol–water partition coefficient (Wildman–Crippen LogP) is 10.5. The average Bonchev–Trinajstić information content (AvgIpc) is 3.05. The third kappa shape index (κ3) is 18.5. The molecule has 9 heteroatoms. The average molecular weight is 753 g/mol. The van der Waals surface area contributed by atoms with Gasteiger partial charge in [0.05, 0.1) is 24.9 Å². The molecule has 0 amide bonds. The van der Waals surface area contributed by atoms with Crippen LogP contribution in [0, 0.1) is 6.92 Å². The summed E-state index contributed by atoms with van der Waals surface area (Å²) < 4.78 is 21.9. The molecule has 0 spiro atoms. The minimum absolute atomic E-state index is 0.0503. The molecule has 0 aliphatic carbocycles. The summed E-state index contributed by atoms with van der Waals surface area (Å²) in [5.74, 6) is -1.16. The van der Waals surface area contributed by atoms with Crippen LogP contribution in [-0.2, 0) is 43.7 Å². The summed E-state index contributed by atoms with van der Waals surface area (Å²) >= 11 is 6.66. The van der Waals surface area contributed by atoms with Crippen LogP contribution >= 0.6 is 11.6 Å². The summed E-state index contributed by atoms with van der Waals surface area (Å²) in [6.45, 7) is 23.6. The van der Waals surface area contributed by atoms with E-state index in [2.05, 4.69) is 20.8 Å². The van der Waals surface area contributed by atoms with Gasteiger partial charge in [0.1, 0.15) is 17.0 Å². The lowest BCUT2D eigenvalue weighted by atomic mass is 9.79. The molecule has 0 radical (unpaired) electrons. The van der Waals surface area contributed by atoms with Gasteiger partial charge in [0.15, 0.2) is 5.60 Å². The van der Waals surface area contributed by atoms with Gasteiger partial charge in [-0.25, -0.2) is 0 Å². The summed E-state index contributed by atoms with van der Waals surface area (Å²) in [6.07, 6.45) is 0.801. The summed E-state index contributed by atoms with van der Waals surface area (Å²) in [5.41, 5.74) is 0.947. The molecule has 53 heavy (non-hydrogen) atoms. The van der Waals surface area contributed by atoms with Crippen molar-refractivity contribution in [2.24, 2.45) is 0 Å². The first-order valence-electron chi connectivity index (χ1n) is 18.2. The molecule has 292 valence electrons. The van der Waals surface area contributed by atoms with E-state index in [4.69, 9.17) is 30.5 Å². The molecule has 0 saturated heterocycles. The van der Waals surface area contributed by atoms with E-state index in [1.54, 1.807) is 33.8 Å². The van der Waals surface area contributed by atoms with Crippen LogP contribution in [0.1, 0.15) is 131 Å². The van der Waals surface area contributed by atoms with E-state index in [1.807, 2.05) is 107 Å². The maximum absolute atomic E-state index is 13.2. The molecule has 0 saturated carbocycles. The number of Topliss-reactive ketones (excluding diaryl/α,β-unsaturated/α-hetero) is 1. The Balaban J connectivity index is 0.000000578. The fourth-order valence-corrected chi connectivity index (χ4v) is 5.19. The Kier molecular flexibility index (Phi) is 19.2. The van der Waals surface area contributed by atoms with Gasteiger partial charge in [-0.3, -0.25) is 19.2 Å². The number of aryl methyl sites for hydroxylation is 1. The molecule has 0 bridgehead atoms. The number of benzene rings is 3. The first-order chi connectivity index (χ1) is 24.5. The molecule has 0 heterocycles. The number of rotatable bonds is 12. The lowest BCUT2D eigenvalue weighted by Gasteiger charge is -2.36. The van der Waals surface area contributed by atoms with Crippen molar-refractivity contribution in [3.8, 4) is 0 Å². The number of ether oxygens (including phenoxy) is 4. The number of hydrogen-bond acceptors (Lipinski definition) is 8. The van der Waals surface area contributed by atoms with Gasteiger partial charge in [-0.2, -0.15) is 0 Å². The zero-order valence-electron chi connectivity index (χ0n) is 33.9. The van der Waals surface area contributed by atoms with Crippen molar-refractivity contribution >= 4 is 35.3 Å². The van der Waals surface area contributed by atoms with Crippen molar-refractivity contribution in [1.29, 1.82) is 0 Å². The van der Waals surface area contributed by atoms with Gasteiger partial charge in [0.2, 0.25) is 0 Å². The van der Waals surface area contributed by atoms with Crippen LogP contribution in [0.15, 0.2) is 78.9 Å². The fourth-order valence-electron chi connectivity index (χ4n) is 4.92. The zero-order valence-corrected chi connectivity index (χ0v) is 34.6. The van der Waals surface area contributed by atoms with Crippen molar-refractivity contribution in [3.63, 3.8) is 0 Å². The molecular formula is C44H61ClO8. The van der Waals surface area contributed by atoms with E-state index in [9.17, 15) is 19.2 Å². The summed E-state index contributed by atoms with van der Waals surface area (Å²) in [6, 6.07) is 24.6. The fraction of sp³-hybridized carbons (Fsp3) is 0.500. The van der Waals surface area contributed by atoms with Gasteiger partial charge in [0.25, 0.3) is 0 Å². The molecule has 3 aromatic carbocycles. The van der Waals surface area contributed by atoms with Crippen molar-refractivity contribution in [2.75, 3.05) is 6.61 Å². The molecular weight excluding hydrogens is 692 g/mol. The van der Waals surface area contributed by atoms with Crippen molar-refractivity contribution in [3.05, 3.63) is 106 Å². The quantitative estimate of drug-likeness (QED) is 0.102. The molecule has 3 aromatic rings. The van der Waals surface area contributed by atoms with Crippen molar-refractivity contribution < 1.29 is 38.1 Å². The number of hydrogen-bond donors (Lipinski definition) is 0. The van der Waals surface area contributed by atoms with Crippen molar-refractivity contribution in [2.45, 2.75) is 138 Å². The highest BCUT2D eigenvalue weighted by atomic mass is 35.5. The third-order valence-corrected chi connectivity index (χ3v) is 7.44. The lowest BCUT2D eigenvalue weighted by molar-refractivity contribution is -0.161. The lowest BCUT2D eigenvalue weighted by Crippen LogP contribution is -2.36. The van der Waals surface area contributed by atoms with Gasteiger partial charge in [-0.15, -0.1) is 0 Å². The van der Waals surface area contributed by atoms with Crippen LogP contribution in [0.2, 0.25) is 5.02 Å². The van der Waals surface area contributed by atoms with E-state index >= 15 is 0 Å². The number of carbonyl (C=O) groups is 4. The van der Waals surface area contributed by atoms with Gasteiger partial charge in [0, 0.05) is 41.2 Å². The maximum atomic E-state index is 13.2. The highest BCUT2D eigenvalue weighted by molar-refractivity contribution is 6.31. The van der Waals surface area contributed by atoms with Crippen LogP contribution in [0.3, 0.4) is 0 Å². The molecule has 1 unspecified atom stereocenters. The highest BCUT2D eigenvalue weighted by Gasteiger charge is 2.42. The van der Waals surface area contributed by atoms with Crippen LogP contribution in [-0.4, -0.2) is 47.1 Å². The minimum atomic E-state index is -1.28. The van der Waals surface area contributed by atoms with E-state index in [1.165, 1.54) is 0 Å². The molecule has 0 aliphatic rings. The molecule has 1 atom stereocenters. The third-order valence-electron chi connectivity index (χ3n) is 7.11. The van der Waals surface area contributed by atoms with Gasteiger partial charge < -0.3 is 18.9 Å². The van der Waals surface area contributed by atoms with Crippen molar-refractivity contribution in [1.82, 2.24) is 0 Å². The van der Waals surface area contributed by atoms with E-state index in [0.717, 1.165) is 23.3 Å². The Bertz CT molecular complexity index is 1580. The topological polar surface area (TPSA) is 105 Å². The minimum Gasteiger partial charge on any atom is -0.460 e. The number of ketones is 1. The summed E-state index contributed by atoms with van der Waals surface area (Å²) in [7, 11) is 0. The van der Waals surface area contributed by atoms with E-state index in [-0.39, 0.29) is 36.6 Å². The van der Waals surface area contributed by atoms with E-state index in [0.29, 0.717) is 23.4 Å². The molecule has 0 aromatic heterocycles. The van der Waals surface area contributed by atoms with Gasteiger partial charge in [-0.1, -0.05) is 96.9 Å². The second-order valence-electron chi connectivity index (χ2n) is 15.5. The molecule has 0 N–H and O–H groups in total. The number of carbonyl (C=O) groups excluding carboxylic acids is 4. The maximum Gasteiger partial charge on any atom is 0.307 e. The van der Waals surface area contributed by atoms with Crippen LogP contribution in [0.5, 0.6) is 0 Å². The first-order valence-corrected chi connectivity index (χ1v) is 18.6. The van der Waals surface area contributed by atoms with E-state index < -0.39 is 28.7 Å².